The summed E-state index contributed by atoms with van der Waals surface area (Å²) in [6.45, 7) is -0.443. The molecule has 0 aliphatic heterocycles. The number of H-pyrrole nitrogens is 1. The molecule has 2 aromatic heterocycles. The molecule has 0 saturated carbocycles. The standard InChI is InChI=1S/C13H11Cl2FN4O3S2/c14-8-3-10(24-12(8)15)25(22,23)20-13(21)17-5-9(16)7-2-1-6-4-18-19-11(6)7/h3-4H,1-2,5H2,(H,18,19)(H2,17,20,21)/b9-7-. The third-order valence-corrected chi connectivity index (χ3v) is 7.18. The number of halogens is 3. The molecule has 2 heterocycles. The Morgan fingerprint density at radius 2 is 2.16 bits per heavy atom. The first-order valence-electron chi connectivity index (χ1n) is 6.93. The molecule has 0 saturated heterocycles. The summed E-state index contributed by atoms with van der Waals surface area (Å²) in [5.74, 6) is -0.558. The van der Waals surface area contributed by atoms with Crippen molar-refractivity contribution in [3.8, 4) is 0 Å². The van der Waals surface area contributed by atoms with Crippen LogP contribution in [0.1, 0.15) is 17.7 Å². The van der Waals surface area contributed by atoms with Gasteiger partial charge in [0.1, 0.15) is 14.4 Å². The van der Waals surface area contributed by atoms with Crippen LogP contribution >= 0.6 is 34.5 Å². The number of thiophene rings is 1. The van der Waals surface area contributed by atoms with Crippen molar-refractivity contribution in [2.75, 3.05) is 6.54 Å². The second-order valence-electron chi connectivity index (χ2n) is 5.13. The second kappa shape index (κ2) is 6.94. The maximum absolute atomic E-state index is 14.2. The van der Waals surface area contributed by atoms with E-state index in [0.29, 0.717) is 35.4 Å². The first-order valence-corrected chi connectivity index (χ1v) is 9.99. The van der Waals surface area contributed by atoms with Gasteiger partial charge in [0.05, 0.1) is 23.5 Å². The fourth-order valence-electron chi connectivity index (χ4n) is 2.35. The molecule has 1 aliphatic carbocycles. The Kier molecular flexibility index (Phi) is 5.05. The fourth-order valence-corrected chi connectivity index (χ4v) is 5.16. The number of aryl methyl sites for hydroxylation is 1. The first-order chi connectivity index (χ1) is 11.8. The van der Waals surface area contributed by atoms with Crippen molar-refractivity contribution < 1.29 is 17.6 Å². The monoisotopic (exact) mass is 424 g/mol. The van der Waals surface area contributed by atoms with E-state index in [-0.39, 0.29) is 13.6 Å². The Labute approximate surface area is 156 Å². The summed E-state index contributed by atoms with van der Waals surface area (Å²) in [6.07, 6.45) is 2.78. The minimum absolute atomic E-state index is 0.0693. The first kappa shape index (κ1) is 18.2. The maximum Gasteiger partial charge on any atom is 0.329 e. The number of nitrogens with one attached hydrogen (secondary N) is 3. The molecule has 0 atom stereocenters. The van der Waals surface area contributed by atoms with E-state index in [0.717, 1.165) is 11.6 Å². The summed E-state index contributed by atoms with van der Waals surface area (Å²) in [5, 5.41) is 8.79. The lowest BCUT2D eigenvalue weighted by molar-refractivity contribution is 0.246. The van der Waals surface area contributed by atoms with Crippen molar-refractivity contribution in [2.45, 2.75) is 17.1 Å². The molecule has 0 spiro atoms. The van der Waals surface area contributed by atoms with Crippen molar-refractivity contribution in [3.05, 3.63) is 38.7 Å². The van der Waals surface area contributed by atoms with Crippen molar-refractivity contribution >= 4 is 56.2 Å². The smallest absolute Gasteiger partial charge is 0.329 e. The Bertz CT molecular complexity index is 948. The molecule has 0 radical (unpaired) electrons. The van der Waals surface area contributed by atoms with E-state index in [1.165, 1.54) is 0 Å². The van der Waals surface area contributed by atoms with Gasteiger partial charge in [-0.3, -0.25) is 5.10 Å². The van der Waals surface area contributed by atoms with Crippen molar-refractivity contribution in [1.29, 1.82) is 0 Å². The summed E-state index contributed by atoms with van der Waals surface area (Å²) < 4.78 is 40.0. The van der Waals surface area contributed by atoms with E-state index < -0.39 is 28.4 Å². The molecule has 134 valence electrons. The number of rotatable bonds is 4. The van der Waals surface area contributed by atoms with E-state index in [2.05, 4.69) is 15.5 Å². The molecule has 0 aromatic carbocycles. The lowest BCUT2D eigenvalue weighted by Crippen LogP contribution is -2.39. The van der Waals surface area contributed by atoms with E-state index in [1.807, 2.05) is 0 Å². The summed E-state index contributed by atoms with van der Waals surface area (Å²) >= 11 is 12.1. The summed E-state index contributed by atoms with van der Waals surface area (Å²) in [6, 6.07) is 0.0737. The molecule has 0 bridgehead atoms. The van der Waals surface area contributed by atoms with E-state index in [4.69, 9.17) is 23.2 Å². The number of urea groups is 1. The number of aromatic amines is 1. The molecule has 1 aliphatic rings. The molecule has 3 N–H and O–H groups in total. The van der Waals surface area contributed by atoms with Crippen LogP contribution < -0.4 is 10.0 Å². The second-order valence-corrected chi connectivity index (χ2v) is 9.10. The van der Waals surface area contributed by atoms with Gasteiger partial charge >= 0.3 is 6.03 Å². The van der Waals surface area contributed by atoms with Gasteiger partial charge in [-0.15, -0.1) is 11.3 Å². The number of nitrogens with zero attached hydrogens (tertiary/aromatic N) is 1. The Balaban J connectivity index is 1.64. The number of amides is 2. The van der Waals surface area contributed by atoms with E-state index in [9.17, 15) is 17.6 Å². The zero-order chi connectivity index (χ0) is 18.2. The van der Waals surface area contributed by atoms with E-state index in [1.54, 1.807) is 10.9 Å². The number of hydrogen-bond donors (Lipinski definition) is 3. The van der Waals surface area contributed by atoms with Gasteiger partial charge in [-0.25, -0.2) is 22.3 Å². The molecule has 12 heteroatoms. The van der Waals surface area contributed by atoms with Gasteiger partial charge in [0.2, 0.25) is 0 Å². The third kappa shape index (κ3) is 3.81. The van der Waals surface area contributed by atoms with Crippen molar-refractivity contribution in [2.24, 2.45) is 0 Å². The fraction of sp³-hybridized carbons (Fsp3) is 0.231. The van der Waals surface area contributed by atoms with Gasteiger partial charge < -0.3 is 5.32 Å². The summed E-state index contributed by atoms with van der Waals surface area (Å²) in [5.41, 5.74) is 1.94. The van der Waals surface area contributed by atoms with Gasteiger partial charge in [-0.2, -0.15) is 5.10 Å². The van der Waals surface area contributed by atoms with Crippen LogP contribution in [0.4, 0.5) is 9.18 Å². The molecular weight excluding hydrogens is 414 g/mol. The average Bonchev–Trinajstić information content (AvgIpc) is 3.21. The lowest BCUT2D eigenvalue weighted by Gasteiger charge is -2.08. The van der Waals surface area contributed by atoms with Gasteiger partial charge in [0.15, 0.2) is 0 Å². The number of carbonyl (C=O) groups excluding carboxylic acids is 1. The molecule has 7 nitrogen and oxygen atoms in total. The summed E-state index contributed by atoms with van der Waals surface area (Å²) in [7, 11) is -4.13. The normalized spacial score (nSPS) is 15.8. The Morgan fingerprint density at radius 3 is 2.84 bits per heavy atom. The van der Waals surface area contributed by atoms with Crippen LogP contribution in [0.3, 0.4) is 0 Å². The van der Waals surface area contributed by atoms with E-state index >= 15 is 0 Å². The van der Waals surface area contributed by atoms with Crippen LogP contribution in [0.2, 0.25) is 9.36 Å². The SMILES string of the molecule is O=C(NC/C(F)=C1\CCc2cn[nH]c21)NS(=O)(=O)c1cc(Cl)c(Cl)s1. The molecule has 3 rings (SSSR count). The quantitative estimate of drug-likeness (QED) is 0.700. The summed E-state index contributed by atoms with van der Waals surface area (Å²) in [4.78, 5) is 11.8. The molecule has 2 amide bonds. The number of hydrogen-bond acceptors (Lipinski definition) is 5. The van der Waals surface area contributed by atoms with Crippen LogP contribution in [0.5, 0.6) is 0 Å². The number of allylic oxidation sites excluding steroid dienone is 1. The Morgan fingerprint density at radius 1 is 1.40 bits per heavy atom. The highest BCUT2D eigenvalue weighted by Crippen LogP contribution is 2.34. The molecule has 2 aromatic rings. The largest absolute Gasteiger partial charge is 0.331 e. The van der Waals surface area contributed by atoms with Gasteiger partial charge in [-0.1, -0.05) is 23.2 Å². The lowest BCUT2D eigenvalue weighted by atomic mass is 10.2. The van der Waals surface area contributed by atoms with Crippen molar-refractivity contribution in [3.63, 3.8) is 0 Å². The highest BCUT2D eigenvalue weighted by molar-refractivity contribution is 7.92. The topological polar surface area (TPSA) is 104 Å². The maximum atomic E-state index is 14.2. The minimum Gasteiger partial charge on any atom is -0.331 e. The molecule has 0 unspecified atom stereocenters. The zero-order valence-electron chi connectivity index (χ0n) is 12.4. The van der Waals surface area contributed by atoms with Gasteiger partial charge in [0.25, 0.3) is 10.0 Å². The van der Waals surface area contributed by atoms with Gasteiger partial charge in [-0.05, 0) is 24.5 Å². The number of carbonyl (C=O) groups is 1. The van der Waals surface area contributed by atoms with Crippen LogP contribution in [0.25, 0.3) is 5.57 Å². The molecular formula is C13H11Cl2FN4O3S2. The van der Waals surface area contributed by atoms with Crippen LogP contribution in [-0.4, -0.2) is 31.2 Å². The predicted octanol–water partition coefficient (Wildman–Crippen LogP) is 3.09. The highest BCUT2D eigenvalue weighted by Gasteiger charge is 2.24. The van der Waals surface area contributed by atoms with Crippen LogP contribution in [0.15, 0.2) is 22.3 Å². The predicted molar refractivity (Wildman–Crippen MR) is 93.0 cm³/mol. The minimum atomic E-state index is -4.13. The molecule has 25 heavy (non-hydrogen) atoms. The van der Waals surface area contributed by atoms with Crippen molar-refractivity contribution in [1.82, 2.24) is 20.2 Å². The molecule has 0 fully saturated rings. The Hall–Kier alpha value is -1.62. The van der Waals surface area contributed by atoms with Crippen LogP contribution in [0, 0.1) is 0 Å². The average molecular weight is 425 g/mol. The number of fused-ring (bicyclic) bond motifs is 1. The van der Waals surface area contributed by atoms with Crippen LogP contribution in [-0.2, 0) is 16.4 Å². The number of aromatic nitrogens is 2. The zero-order valence-corrected chi connectivity index (χ0v) is 15.5. The van der Waals surface area contributed by atoms with Gasteiger partial charge in [0, 0.05) is 5.57 Å². The third-order valence-electron chi connectivity index (χ3n) is 3.51. The highest BCUT2D eigenvalue weighted by atomic mass is 35.5. The number of sulfonamides is 1.